The summed E-state index contributed by atoms with van der Waals surface area (Å²) in [6.07, 6.45) is 7.56. The maximum Gasteiger partial charge on any atom is 0.334 e. The Kier molecular flexibility index (Phi) is 5.53. The maximum absolute atomic E-state index is 12.7. The molecule has 0 aromatic heterocycles. The molecule has 5 heteroatoms. The average molecular weight is 376 g/mol. The van der Waals surface area contributed by atoms with E-state index in [2.05, 4.69) is 26.5 Å². The molecular weight excluding hydrogens is 344 g/mol. The fraction of sp³-hybridized carbons (Fsp3) is 0.727. The second-order valence-electron chi connectivity index (χ2n) is 8.84. The second kappa shape index (κ2) is 7.42. The third kappa shape index (κ3) is 4.45. The van der Waals surface area contributed by atoms with Crippen LogP contribution >= 0.6 is 0 Å². The summed E-state index contributed by atoms with van der Waals surface area (Å²) in [5.41, 5.74) is 0.845. The van der Waals surface area contributed by atoms with Gasteiger partial charge in [0.2, 0.25) is 0 Å². The van der Waals surface area contributed by atoms with Crippen molar-refractivity contribution in [3.05, 3.63) is 23.8 Å². The predicted octanol–water partition coefficient (Wildman–Crippen LogP) is 4.25. The molecule has 2 heterocycles. The molecule has 5 nitrogen and oxygen atoms in total. The number of hydrogen-bond donors (Lipinski definition) is 0. The number of epoxide rings is 1. The molecule has 0 N–H and O–H groups in total. The Labute approximate surface area is 162 Å². The molecule has 5 atom stereocenters. The first-order valence-corrected chi connectivity index (χ1v) is 10.1. The minimum Gasteiger partial charge on any atom is -0.458 e. The highest BCUT2D eigenvalue weighted by molar-refractivity contribution is 5.89. The Morgan fingerprint density at radius 1 is 1.26 bits per heavy atom. The molecule has 1 aliphatic carbocycles. The number of carbonyl (C=O) groups is 2. The number of esters is 2. The van der Waals surface area contributed by atoms with Crippen molar-refractivity contribution in [2.75, 3.05) is 0 Å². The van der Waals surface area contributed by atoms with E-state index >= 15 is 0 Å². The molecule has 0 aromatic rings. The Balaban J connectivity index is 1.90. The molecule has 5 unspecified atom stereocenters. The third-order valence-corrected chi connectivity index (χ3v) is 6.53. The van der Waals surface area contributed by atoms with Crippen LogP contribution in [0.4, 0.5) is 0 Å². The molecular formula is C22H32O5. The molecule has 0 radical (unpaired) electrons. The van der Waals surface area contributed by atoms with Gasteiger partial charge in [0.05, 0.1) is 11.7 Å². The van der Waals surface area contributed by atoms with Gasteiger partial charge in [-0.3, -0.25) is 4.79 Å². The summed E-state index contributed by atoms with van der Waals surface area (Å²) in [6.45, 7) is 11.6. The summed E-state index contributed by atoms with van der Waals surface area (Å²) in [5.74, 6) is -0.673. The standard InChI is InChI=1S/C22H32O5/c1-14-7-6-11-21(4)19(26-21)13-17-10-12-22(5,27-20(24)15(17)2)18(9-8-14)25-16(3)23/h7,17-19H,2,6,8-13H2,1,3-5H3. The van der Waals surface area contributed by atoms with E-state index in [4.69, 9.17) is 14.2 Å². The monoisotopic (exact) mass is 376 g/mol. The molecule has 3 rings (SSSR count). The summed E-state index contributed by atoms with van der Waals surface area (Å²) < 4.78 is 17.5. The first-order chi connectivity index (χ1) is 12.6. The van der Waals surface area contributed by atoms with Gasteiger partial charge < -0.3 is 14.2 Å². The molecule has 0 amide bonds. The zero-order chi connectivity index (χ0) is 19.8. The van der Waals surface area contributed by atoms with Crippen molar-refractivity contribution in [2.24, 2.45) is 5.92 Å². The predicted molar refractivity (Wildman–Crippen MR) is 102 cm³/mol. The van der Waals surface area contributed by atoms with Crippen molar-refractivity contribution in [3.8, 4) is 0 Å². The zero-order valence-electron chi connectivity index (χ0n) is 17.0. The van der Waals surface area contributed by atoms with Gasteiger partial charge in [-0.05, 0) is 71.6 Å². The normalized spacial score (nSPS) is 40.1. The van der Waals surface area contributed by atoms with Crippen molar-refractivity contribution in [1.29, 1.82) is 0 Å². The maximum atomic E-state index is 12.7. The van der Waals surface area contributed by atoms with Crippen molar-refractivity contribution >= 4 is 11.9 Å². The van der Waals surface area contributed by atoms with E-state index in [9.17, 15) is 9.59 Å². The number of carbonyl (C=O) groups excluding carboxylic acids is 2. The third-order valence-electron chi connectivity index (χ3n) is 6.53. The number of allylic oxidation sites excluding steroid dienone is 2. The van der Waals surface area contributed by atoms with Crippen molar-refractivity contribution in [2.45, 2.75) is 96.1 Å². The molecule has 0 saturated carbocycles. The molecule has 150 valence electrons. The first kappa shape index (κ1) is 20.1. The molecule has 2 bridgehead atoms. The Bertz CT molecular complexity index is 666. The van der Waals surface area contributed by atoms with Gasteiger partial charge in [0.1, 0.15) is 11.7 Å². The smallest absolute Gasteiger partial charge is 0.334 e. The minimum atomic E-state index is -0.835. The van der Waals surface area contributed by atoms with Gasteiger partial charge in [0.25, 0.3) is 0 Å². The Morgan fingerprint density at radius 3 is 2.70 bits per heavy atom. The lowest BCUT2D eigenvalue weighted by molar-refractivity contribution is -0.180. The van der Waals surface area contributed by atoms with E-state index < -0.39 is 11.7 Å². The van der Waals surface area contributed by atoms with Crippen LogP contribution in [-0.2, 0) is 23.8 Å². The van der Waals surface area contributed by atoms with E-state index in [0.29, 0.717) is 18.4 Å². The van der Waals surface area contributed by atoms with Crippen molar-refractivity contribution in [1.82, 2.24) is 0 Å². The van der Waals surface area contributed by atoms with Crippen LogP contribution in [-0.4, -0.2) is 35.3 Å². The number of hydrogen-bond acceptors (Lipinski definition) is 5. The quantitative estimate of drug-likeness (QED) is 0.296. The van der Waals surface area contributed by atoms with Gasteiger partial charge >= 0.3 is 11.9 Å². The van der Waals surface area contributed by atoms with Crippen LogP contribution in [0.25, 0.3) is 0 Å². The SMILES string of the molecule is C=C1C(=O)OC2(C)CCC1CC1OC1(C)CCC=C(C)CCC2OC(C)=O. The van der Waals surface area contributed by atoms with Crippen LogP contribution in [0.3, 0.4) is 0 Å². The van der Waals surface area contributed by atoms with Gasteiger partial charge in [-0.1, -0.05) is 18.2 Å². The van der Waals surface area contributed by atoms with Crippen LogP contribution in [0.15, 0.2) is 23.8 Å². The lowest BCUT2D eigenvalue weighted by atomic mass is 9.82. The molecule has 0 aromatic carbocycles. The van der Waals surface area contributed by atoms with E-state index in [1.165, 1.54) is 12.5 Å². The topological polar surface area (TPSA) is 65.1 Å². The van der Waals surface area contributed by atoms with Crippen LogP contribution < -0.4 is 0 Å². The summed E-state index contributed by atoms with van der Waals surface area (Å²) >= 11 is 0. The first-order valence-electron chi connectivity index (χ1n) is 10.1. The van der Waals surface area contributed by atoms with Gasteiger partial charge in [0, 0.05) is 12.5 Å². The molecule has 2 aliphatic heterocycles. The van der Waals surface area contributed by atoms with Gasteiger partial charge in [-0.2, -0.15) is 0 Å². The van der Waals surface area contributed by atoms with Crippen molar-refractivity contribution in [3.63, 3.8) is 0 Å². The zero-order valence-corrected chi connectivity index (χ0v) is 17.0. The summed E-state index contributed by atoms with van der Waals surface area (Å²) in [4.78, 5) is 24.4. The summed E-state index contributed by atoms with van der Waals surface area (Å²) in [6, 6.07) is 0. The summed E-state index contributed by atoms with van der Waals surface area (Å²) in [7, 11) is 0. The molecule has 2 saturated heterocycles. The fourth-order valence-electron chi connectivity index (χ4n) is 4.44. The molecule has 27 heavy (non-hydrogen) atoms. The van der Waals surface area contributed by atoms with Gasteiger partial charge in [0.15, 0.2) is 0 Å². The molecule has 3 aliphatic rings. The van der Waals surface area contributed by atoms with E-state index in [1.54, 1.807) is 0 Å². The second-order valence-corrected chi connectivity index (χ2v) is 8.84. The average Bonchev–Trinajstić information content (AvgIpc) is 3.24. The number of fused-ring (bicyclic) bond motifs is 4. The van der Waals surface area contributed by atoms with Crippen LogP contribution in [0, 0.1) is 5.92 Å². The van der Waals surface area contributed by atoms with E-state index in [1.807, 2.05) is 6.92 Å². The summed E-state index contributed by atoms with van der Waals surface area (Å²) in [5, 5.41) is 0. The van der Waals surface area contributed by atoms with Crippen molar-refractivity contribution < 1.29 is 23.8 Å². The molecule has 0 spiro atoms. The highest BCUT2D eigenvalue weighted by Crippen LogP contribution is 2.47. The van der Waals surface area contributed by atoms with Gasteiger partial charge in [-0.15, -0.1) is 0 Å². The van der Waals surface area contributed by atoms with E-state index in [0.717, 1.165) is 32.1 Å². The minimum absolute atomic E-state index is 0.0457. The largest absolute Gasteiger partial charge is 0.458 e. The fourth-order valence-corrected chi connectivity index (χ4v) is 4.44. The highest BCUT2D eigenvalue weighted by atomic mass is 16.6. The Hall–Kier alpha value is -1.62. The molecule has 2 fully saturated rings. The van der Waals surface area contributed by atoms with Gasteiger partial charge in [-0.25, -0.2) is 4.79 Å². The number of ether oxygens (including phenoxy) is 3. The van der Waals surface area contributed by atoms with Crippen LogP contribution in [0.1, 0.15) is 72.6 Å². The van der Waals surface area contributed by atoms with Crippen LogP contribution in [0.2, 0.25) is 0 Å². The van der Waals surface area contributed by atoms with Crippen LogP contribution in [0.5, 0.6) is 0 Å². The Morgan fingerprint density at radius 2 is 2.00 bits per heavy atom. The number of rotatable bonds is 1. The highest BCUT2D eigenvalue weighted by Gasteiger charge is 2.53. The lowest BCUT2D eigenvalue weighted by Crippen LogP contribution is -2.45. The lowest BCUT2D eigenvalue weighted by Gasteiger charge is -2.35. The van der Waals surface area contributed by atoms with E-state index in [-0.39, 0.29) is 29.6 Å².